The summed E-state index contributed by atoms with van der Waals surface area (Å²) >= 11 is 5.76. The third kappa shape index (κ3) is 3.60. The van der Waals surface area contributed by atoms with E-state index in [1.165, 1.54) is 22.5 Å². The van der Waals surface area contributed by atoms with Crippen LogP contribution in [-0.2, 0) is 10.0 Å². The van der Waals surface area contributed by atoms with Gasteiger partial charge in [-0.05, 0) is 25.1 Å². The van der Waals surface area contributed by atoms with E-state index in [1.54, 1.807) is 13.8 Å². The van der Waals surface area contributed by atoms with Crippen LogP contribution in [0.15, 0.2) is 23.1 Å². The summed E-state index contributed by atoms with van der Waals surface area (Å²) in [5.74, 6) is -0.386. The van der Waals surface area contributed by atoms with Crippen LogP contribution in [0.5, 0.6) is 0 Å². The number of hydrogen-bond acceptors (Lipinski definition) is 4. The molecular weight excluding hydrogens is 286 g/mol. The van der Waals surface area contributed by atoms with E-state index in [1.807, 2.05) is 6.07 Å². The van der Waals surface area contributed by atoms with Gasteiger partial charge in [-0.2, -0.15) is 9.57 Å². The van der Waals surface area contributed by atoms with Crippen molar-refractivity contribution in [3.63, 3.8) is 0 Å². The van der Waals surface area contributed by atoms with Gasteiger partial charge in [0, 0.05) is 18.1 Å². The third-order valence-corrected chi connectivity index (χ3v) is 4.89. The molecule has 0 bridgehead atoms. The molecule has 7 heteroatoms. The van der Waals surface area contributed by atoms with Crippen LogP contribution in [0.3, 0.4) is 0 Å². The first-order valence-electron chi connectivity index (χ1n) is 5.77. The molecule has 0 amide bonds. The highest BCUT2D eigenvalue weighted by Gasteiger charge is 2.26. The van der Waals surface area contributed by atoms with Crippen LogP contribution in [0.25, 0.3) is 0 Å². The molecule has 0 aliphatic heterocycles. The lowest BCUT2D eigenvalue weighted by Crippen LogP contribution is -2.34. The first-order valence-corrected chi connectivity index (χ1v) is 7.59. The van der Waals surface area contributed by atoms with Gasteiger partial charge in [0.15, 0.2) is 0 Å². The number of nitrogen functional groups attached to an aromatic ring is 1. The molecule has 1 unspecified atom stereocenters. The van der Waals surface area contributed by atoms with Crippen molar-refractivity contribution in [2.24, 2.45) is 5.92 Å². The Balaban J connectivity index is 3.18. The predicted octanol–water partition coefficient (Wildman–Crippen LogP) is 2.09. The van der Waals surface area contributed by atoms with Gasteiger partial charge in [-0.3, -0.25) is 0 Å². The van der Waals surface area contributed by atoms with Crippen molar-refractivity contribution in [3.05, 3.63) is 23.2 Å². The maximum absolute atomic E-state index is 12.4. The van der Waals surface area contributed by atoms with Crippen LogP contribution in [-0.4, -0.2) is 25.8 Å². The highest BCUT2D eigenvalue weighted by Crippen LogP contribution is 2.25. The molecule has 1 aromatic carbocycles. The minimum atomic E-state index is -3.71. The summed E-state index contributed by atoms with van der Waals surface area (Å²) in [5, 5.41) is 9.17. The zero-order valence-electron chi connectivity index (χ0n) is 10.8. The maximum atomic E-state index is 12.4. The number of hydrogen-bond donors (Lipinski definition) is 1. The number of sulfonamides is 1. The van der Waals surface area contributed by atoms with Gasteiger partial charge in [-0.25, -0.2) is 8.42 Å². The normalized spacial score (nSPS) is 13.2. The van der Waals surface area contributed by atoms with Crippen molar-refractivity contribution in [3.8, 4) is 6.07 Å². The molecule has 0 spiro atoms. The molecule has 0 saturated carbocycles. The van der Waals surface area contributed by atoms with E-state index in [0.717, 1.165) is 0 Å². The Morgan fingerprint density at radius 2 is 2.16 bits per heavy atom. The average molecular weight is 302 g/mol. The Kier molecular flexibility index (Phi) is 5.18. The van der Waals surface area contributed by atoms with E-state index in [-0.39, 0.29) is 29.6 Å². The van der Waals surface area contributed by atoms with Gasteiger partial charge < -0.3 is 5.73 Å². The second-order valence-corrected chi connectivity index (χ2v) is 6.51. The first kappa shape index (κ1) is 15.8. The molecule has 19 heavy (non-hydrogen) atoms. The monoisotopic (exact) mass is 301 g/mol. The maximum Gasteiger partial charge on any atom is 0.245 e. The highest BCUT2D eigenvalue weighted by atomic mass is 35.5. The Hall–Kier alpha value is -1.29. The zero-order chi connectivity index (χ0) is 14.6. The second kappa shape index (κ2) is 6.24. The summed E-state index contributed by atoms with van der Waals surface area (Å²) in [5.41, 5.74) is 5.82. The van der Waals surface area contributed by atoms with Crippen molar-refractivity contribution in [1.82, 2.24) is 4.31 Å². The van der Waals surface area contributed by atoms with E-state index in [4.69, 9.17) is 22.6 Å². The standard InChI is InChI=1S/C12H16ClN3O2S/c1-3-16(8-9(2)7-14)19(17,18)12-5-4-10(13)6-11(12)15/h4-6,9H,3,8,15H2,1-2H3. The predicted molar refractivity (Wildman–Crippen MR) is 75.1 cm³/mol. The average Bonchev–Trinajstić information content (AvgIpc) is 2.34. The van der Waals surface area contributed by atoms with Gasteiger partial charge in [0.2, 0.25) is 10.0 Å². The van der Waals surface area contributed by atoms with Gasteiger partial charge in [0.05, 0.1) is 17.7 Å². The number of nitrogens with zero attached hydrogens (tertiary/aromatic N) is 2. The summed E-state index contributed by atoms with van der Waals surface area (Å²) in [7, 11) is -3.71. The number of rotatable bonds is 5. The molecule has 0 fully saturated rings. The number of nitriles is 1. The quantitative estimate of drug-likeness (QED) is 0.844. The van der Waals surface area contributed by atoms with Crippen molar-refractivity contribution in [2.75, 3.05) is 18.8 Å². The molecule has 0 aliphatic rings. The Bertz CT molecular complexity index is 595. The molecule has 0 aromatic heterocycles. The molecule has 0 radical (unpaired) electrons. The van der Waals surface area contributed by atoms with Crippen molar-refractivity contribution < 1.29 is 8.42 Å². The Labute approximate surface area is 118 Å². The summed E-state index contributed by atoms with van der Waals surface area (Å²) in [4.78, 5) is 0.0175. The first-order chi connectivity index (χ1) is 8.82. The number of halogens is 1. The van der Waals surface area contributed by atoms with Gasteiger partial charge in [0.1, 0.15) is 4.90 Å². The lowest BCUT2D eigenvalue weighted by Gasteiger charge is -2.22. The smallest absolute Gasteiger partial charge is 0.245 e. The van der Waals surface area contributed by atoms with Gasteiger partial charge in [-0.1, -0.05) is 18.5 Å². The summed E-state index contributed by atoms with van der Waals surface area (Å²) in [6.45, 7) is 3.80. The SMILES string of the molecule is CCN(CC(C)C#N)S(=O)(=O)c1ccc(Cl)cc1N. The van der Waals surface area contributed by atoms with Crippen LogP contribution in [0, 0.1) is 17.2 Å². The number of nitrogens with two attached hydrogens (primary N) is 1. The molecule has 0 aliphatic carbocycles. The van der Waals surface area contributed by atoms with Gasteiger partial charge in [0.25, 0.3) is 0 Å². The fourth-order valence-electron chi connectivity index (χ4n) is 1.64. The minimum Gasteiger partial charge on any atom is -0.398 e. The van der Waals surface area contributed by atoms with Crippen LogP contribution < -0.4 is 5.73 Å². The zero-order valence-corrected chi connectivity index (χ0v) is 12.4. The van der Waals surface area contributed by atoms with E-state index < -0.39 is 10.0 Å². The number of benzene rings is 1. The van der Waals surface area contributed by atoms with Gasteiger partial charge in [-0.15, -0.1) is 0 Å². The molecule has 1 rings (SSSR count). The summed E-state index contributed by atoms with van der Waals surface area (Å²) in [6.07, 6.45) is 0. The minimum absolute atomic E-state index is 0.0175. The van der Waals surface area contributed by atoms with Crippen LogP contribution >= 0.6 is 11.6 Å². The largest absolute Gasteiger partial charge is 0.398 e. The Morgan fingerprint density at radius 3 is 2.63 bits per heavy atom. The fraction of sp³-hybridized carbons (Fsp3) is 0.417. The molecule has 0 saturated heterocycles. The molecule has 5 nitrogen and oxygen atoms in total. The van der Waals surface area contributed by atoms with Crippen molar-refractivity contribution in [1.29, 1.82) is 5.26 Å². The van der Waals surface area contributed by atoms with Crippen LogP contribution in [0.2, 0.25) is 5.02 Å². The molecule has 1 atom stereocenters. The van der Waals surface area contributed by atoms with E-state index >= 15 is 0 Å². The van der Waals surface area contributed by atoms with E-state index in [0.29, 0.717) is 5.02 Å². The topological polar surface area (TPSA) is 87.2 Å². The second-order valence-electron chi connectivity index (χ2n) is 4.17. The Morgan fingerprint density at radius 1 is 1.53 bits per heavy atom. The van der Waals surface area contributed by atoms with E-state index in [9.17, 15) is 8.42 Å². The van der Waals surface area contributed by atoms with Crippen molar-refractivity contribution >= 4 is 27.3 Å². The molecule has 1 aromatic rings. The van der Waals surface area contributed by atoms with Crippen LogP contribution in [0.1, 0.15) is 13.8 Å². The molecule has 2 N–H and O–H groups in total. The van der Waals surface area contributed by atoms with E-state index in [2.05, 4.69) is 0 Å². The summed E-state index contributed by atoms with van der Waals surface area (Å²) in [6, 6.07) is 6.28. The highest BCUT2D eigenvalue weighted by molar-refractivity contribution is 7.89. The molecule has 0 heterocycles. The fourth-order valence-corrected chi connectivity index (χ4v) is 3.45. The lowest BCUT2D eigenvalue weighted by atomic mass is 10.2. The summed E-state index contributed by atoms with van der Waals surface area (Å²) < 4.78 is 26.1. The van der Waals surface area contributed by atoms with Crippen LogP contribution in [0.4, 0.5) is 5.69 Å². The molecular formula is C12H16ClN3O2S. The lowest BCUT2D eigenvalue weighted by molar-refractivity contribution is 0.400. The van der Waals surface area contributed by atoms with Gasteiger partial charge >= 0.3 is 0 Å². The number of anilines is 1. The third-order valence-electron chi connectivity index (χ3n) is 2.64. The molecule has 104 valence electrons. The van der Waals surface area contributed by atoms with Crippen molar-refractivity contribution in [2.45, 2.75) is 18.7 Å².